The standard InChI is InChI=1S/C12H18N4O4S/c1-7(10-15-8(6-21-10)11(18)19)14-12(20)16(3)5-4-9(17)13-2/h6-7H,4-5H2,1-3H3,(H,13,17)(H,14,20)(H,18,19). The highest BCUT2D eigenvalue weighted by Crippen LogP contribution is 2.18. The number of hydrogen-bond acceptors (Lipinski definition) is 5. The number of carboxylic acids is 1. The fraction of sp³-hybridized carbons (Fsp3) is 0.500. The summed E-state index contributed by atoms with van der Waals surface area (Å²) in [5.41, 5.74) is -0.0379. The van der Waals surface area contributed by atoms with Crippen molar-refractivity contribution in [1.29, 1.82) is 0 Å². The number of aromatic carboxylic acids is 1. The molecule has 0 aromatic carbocycles. The lowest BCUT2D eigenvalue weighted by Gasteiger charge is -2.20. The van der Waals surface area contributed by atoms with Gasteiger partial charge in [0.1, 0.15) is 5.01 Å². The van der Waals surface area contributed by atoms with Crippen molar-refractivity contribution >= 4 is 29.2 Å². The molecule has 1 unspecified atom stereocenters. The van der Waals surface area contributed by atoms with E-state index >= 15 is 0 Å². The maximum absolute atomic E-state index is 11.9. The molecule has 0 saturated heterocycles. The van der Waals surface area contributed by atoms with E-state index in [1.54, 1.807) is 14.0 Å². The zero-order valence-electron chi connectivity index (χ0n) is 12.0. The van der Waals surface area contributed by atoms with Crippen LogP contribution in [0.25, 0.3) is 0 Å². The second kappa shape index (κ2) is 7.58. The van der Waals surface area contributed by atoms with Crippen molar-refractivity contribution in [1.82, 2.24) is 20.5 Å². The molecule has 1 atom stereocenters. The van der Waals surface area contributed by atoms with Gasteiger partial charge in [0.15, 0.2) is 5.69 Å². The maximum Gasteiger partial charge on any atom is 0.355 e. The van der Waals surface area contributed by atoms with E-state index in [2.05, 4.69) is 15.6 Å². The van der Waals surface area contributed by atoms with E-state index in [0.29, 0.717) is 5.01 Å². The molecule has 0 saturated carbocycles. The van der Waals surface area contributed by atoms with Gasteiger partial charge in [-0.15, -0.1) is 11.3 Å². The van der Waals surface area contributed by atoms with Crippen LogP contribution in [0.4, 0.5) is 4.79 Å². The SMILES string of the molecule is CNC(=O)CCN(C)C(=O)NC(C)c1nc(C(=O)O)cs1. The number of nitrogens with one attached hydrogen (secondary N) is 2. The molecular formula is C12H18N4O4S. The summed E-state index contributed by atoms with van der Waals surface area (Å²) < 4.78 is 0. The number of urea groups is 1. The Labute approximate surface area is 126 Å². The van der Waals surface area contributed by atoms with Crippen LogP contribution in [0.15, 0.2) is 5.38 Å². The number of thiazole rings is 1. The summed E-state index contributed by atoms with van der Waals surface area (Å²) in [4.78, 5) is 39.1. The van der Waals surface area contributed by atoms with Crippen LogP contribution in [-0.2, 0) is 4.79 Å². The zero-order valence-corrected chi connectivity index (χ0v) is 12.9. The number of amides is 3. The number of nitrogens with zero attached hydrogens (tertiary/aromatic N) is 2. The number of carbonyl (C=O) groups is 3. The number of carboxylic acid groups (broad SMARTS) is 1. The molecule has 1 heterocycles. The van der Waals surface area contributed by atoms with E-state index in [9.17, 15) is 14.4 Å². The van der Waals surface area contributed by atoms with Crippen LogP contribution >= 0.6 is 11.3 Å². The second-order valence-corrected chi connectivity index (χ2v) is 5.28. The molecular weight excluding hydrogens is 296 g/mol. The van der Waals surface area contributed by atoms with Crippen molar-refractivity contribution in [2.75, 3.05) is 20.6 Å². The third kappa shape index (κ3) is 5.03. The molecule has 0 fully saturated rings. The van der Waals surface area contributed by atoms with Gasteiger partial charge in [-0.3, -0.25) is 4.79 Å². The Bertz CT molecular complexity index is 531. The van der Waals surface area contributed by atoms with Crippen molar-refractivity contribution in [3.05, 3.63) is 16.1 Å². The lowest BCUT2D eigenvalue weighted by Crippen LogP contribution is -2.40. The second-order valence-electron chi connectivity index (χ2n) is 4.39. The maximum atomic E-state index is 11.9. The van der Waals surface area contributed by atoms with Gasteiger partial charge >= 0.3 is 12.0 Å². The van der Waals surface area contributed by atoms with Crippen LogP contribution in [0, 0.1) is 0 Å². The van der Waals surface area contributed by atoms with E-state index < -0.39 is 12.0 Å². The molecule has 1 rings (SSSR count). The zero-order chi connectivity index (χ0) is 16.0. The van der Waals surface area contributed by atoms with Crippen LogP contribution in [0.2, 0.25) is 0 Å². The summed E-state index contributed by atoms with van der Waals surface area (Å²) in [7, 11) is 3.11. The van der Waals surface area contributed by atoms with Crippen LogP contribution in [0.3, 0.4) is 0 Å². The first-order valence-corrected chi connectivity index (χ1v) is 7.14. The quantitative estimate of drug-likeness (QED) is 0.715. The lowest BCUT2D eigenvalue weighted by molar-refractivity contribution is -0.120. The highest BCUT2D eigenvalue weighted by atomic mass is 32.1. The number of hydrogen-bond donors (Lipinski definition) is 3. The molecule has 0 bridgehead atoms. The van der Waals surface area contributed by atoms with Crippen molar-refractivity contribution in [2.24, 2.45) is 0 Å². The average Bonchev–Trinajstić information content (AvgIpc) is 2.94. The van der Waals surface area contributed by atoms with E-state index in [4.69, 9.17) is 5.11 Å². The summed E-state index contributed by atoms with van der Waals surface area (Å²) in [5.74, 6) is -1.24. The van der Waals surface area contributed by atoms with Crippen molar-refractivity contribution in [3.8, 4) is 0 Å². The Hall–Kier alpha value is -2.16. The first-order chi connectivity index (χ1) is 9.85. The summed E-state index contributed by atoms with van der Waals surface area (Å²) in [6, 6.07) is -0.753. The normalized spacial score (nSPS) is 11.6. The molecule has 8 nitrogen and oxygen atoms in total. The molecule has 0 spiro atoms. The highest BCUT2D eigenvalue weighted by molar-refractivity contribution is 7.09. The van der Waals surface area contributed by atoms with Gasteiger partial charge in [0.05, 0.1) is 6.04 Å². The number of carbonyl (C=O) groups excluding carboxylic acids is 2. The predicted octanol–water partition coefficient (Wildman–Crippen LogP) is 0.680. The lowest BCUT2D eigenvalue weighted by atomic mass is 10.3. The molecule has 1 aromatic rings. The van der Waals surface area contributed by atoms with E-state index in [1.165, 1.54) is 28.7 Å². The number of aromatic nitrogens is 1. The average molecular weight is 314 g/mol. The minimum atomic E-state index is -1.10. The van der Waals surface area contributed by atoms with Gasteiger partial charge in [0.25, 0.3) is 0 Å². The monoisotopic (exact) mass is 314 g/mol. The van der Waals surface area contributed by atoms with Crippen LogP contribution in [0.5, 0.6) is 0 Å². The fourth-order valence-corrected chi connectivity index (χ4v) is 2.24. The molecule has 1 aromatic heterocycles. The molecule has 0 aliphatic carbocycles. The molecule has 3 N–H and O–H groups in total. The minimum absolute atomic E-state index is 0.0379. The molecule has 0 aliphatic rings. The molecule has 3 amide bonds. The van der Waals surface area contributed by atoms with Gasteiger partial charge in [0.2, 0.25) is 5.91 Å². The van der Waals surface area contributed by atoms with E-state index in [0.717, 1.165) is 0 Å². The van der Waals surface area contributed by atoms with Gasteiger partial charge in [-0.2, -0.15) is 0 Å². The molecule has 21 heavy (non-hydrogen) atoms. The largest absolute Gasteiger partial charge is 0.476 e. The highest BCUT2D eigenvalue weighted by Gasteiger charge is 2.18. The topological polar surface area (TPSA) is 112 Å². The van der Waals surface area contributed by atoms with Crippen molar-refractivity contribution in [2.45, 2.75) is 19.4 Å². The van der Waals surface area contributed by atoms with Gasteiger partial charge in [-0.1, -0.05) is 0 Å². The third-order valence-corrected chi connectivity index (χ3v) is 3.78. The summed E-state index contributed by atoms with van der Waals surface area (Å²) in [6.45, 7) is 2.01. The van der Waals surface area contributed by atoms with E-state index in [1.807, 2.05) is 0 Å². The van der Waals surface area contributed by atoms with Gasteiger partial charge < -0.3 is 20.6 Å². The van der Waals surface area contributed by atoms with Crippen LogP contribution < -0.4 is 10.6 Å². The summed E-state index contributed by atoms with van der Waals surface area (Å²) in [6.07, 6.45) is 0.217. The minimum Gasteiger partial charge on any atom is -0.476 e. The molecule has 0 aliphatic heterocycles. The fourth-order valence-electron chi connectivity index (χ4n) is 1.44. The van der Waals surface area contributed by atoms with Crippen molar-refractivity contribution in [3.63, 3.8) is 0 Å². The predicted molar refractivity (Wildman–Crippen MR) is 77.3 cm³/mol. The van der Waals surface area contributed by atoms with Gasteiger partial charge in [-0.05, 0) is 6.92 Å². The Kier molecular flexibility index (Phi) is 6.10. The Balaban J connectivity index is 2.52. The summed E-state index contributed by atoms with van der Waals surface area (Å²) in [5, 5.41) is 15.9. The van der Waals surface area contributed by atoms with Crippen LogP contribution in [-0.4, -0.2) is 53.5 Å². The van der Waals surface area contributed by atoms with Gasteiger partial charge in [-0.25, -0.2) is 14.6 Å². The van der Waals surface area contributed by atoms with Crippen LogP contribution in [0.1, 0.15) is 34.9 Å². The van der Waals surface area contributed by atoms with E-state index in [-0.39, 0.29) is 30.6 Å². The number of rotatable bonds is 6. The van der Waals surface area contributed by atoms with Gasteiger partial charge in [0, 0.05) is 32.4 Å². The smallest absolute Gasteiger partial charge is 0.355 e. The Morgan fingerprint density at radius 1 is 1.48 bits per heavy atom. The molecule has 0 radical (unpaired) electrons. The Morgan fingerprint density at radius 2 is 2.14 bits per heavy atom. The third-order valence-electron chi connectivity index (χ3n) is 2.75. The Morgan fingerprint density at radius 3 is 2.67 bits per heavy atom. The molecule has 116 valence electrons. The first kappa shape index (κ1) is 16.9. The first-order valence-electron chi connectivity index (χ1n) is 6.26. The van der Waals surface area contributed by atoms with Crippen molar-refractivity contribution < 1.29 is 19.5 Å². The molecule has 9 heteroatoms. The summed E-state index contributed by atoms with van der Waals surface area (Å²) >= 11 is 1.17.